The number of anilines is 1. The second kappa shape index (κ2) is 8.02. The molecule has 0 spiro atoms. The Labute approximate surface area is 128 Å². The summed E-state index contributed by atoms with van der Waals surface area (Å²) in [7, 11) is -3.50. The van der Waals surface area contributed by atoms with E-state index in [2.05, 4.69) is 10.0 Å². The van der Waals surface area contributed by atoms with Crippen LogP contribution in [0.25, 0.3) is 0 Å². The molecule has 0 unspecified atom stereocenters. The molecule has 114 valence electrons. The van der Waals surface area contributed by atoms with Crippen molar-refractivity contribution in [2.45, 2.75) is 19.8 Å². The van der Waals surface area contributed by atoms with Crippen LogP contribution in [0.3, 0.4) is 0 Å². The summed E-state index contributed by atoms with van der Waals surface area (Å²) in [5.41, 5.74) is 0.155. The van der Waals surface area contributed by atoms with Gasteiger partial charge in [-0.25, -0.2) is 12.8 Å². The molecular formula is C12H17Cl2FN2O2S. The van der Waals surface area contributed by atoms with E-state index in [1.165, 1.54) is 12.1 Å². The highest BCUT2D eigenvalue weighted by atomic mass is 35.5. The van der Waals surface area contributed by atoms with Gasteiger partial charge in [0.25, 0.3) is 0 Å². The fourth-order valence-electron chi connectivity index (χ4n) is 1.53. The molecule has 0 bridgehead atoms. The summed E-state index contributed by atoms with van der Waals surface area (Å²) in [6.07, 6.45) is 1.48. The smallest absolute Gasteiger partial charge is 0.232 e. The van der Waals surface area contributed by atoms with E-state index in [4.69, 9.17) is 23.2 Å². The van der Waals surface area contributed by atoms with Gasteiger partial charge in [-0.05, 0) is 38.1 Å². The Morgan fingerprint density at radius 3 is 2.35 bits per heavy atom. The van der Waals surface area contributed by atoms with Gasteiger partial charge < -0.3 is 5.32 Å². The van der Waals surface area contributed by atoms with E-state index in [1.807, 2.05) is 6.92 Å². The molecular weight excluding hydrogens is 326 g/mol. The SMILES string of the molecule is CCCNCCCS(=O)(=O)Nc1cc(Cl)c(F)c(Cl)c1. The van der Waals surface area contributed by atoms with E-state index in [0.717, 1.165) is 13.0 Å². The van der Waals surface area contributed by atoms with Gasteiger partial charge >= 0.3 is 0 Å². The average Bonchev–Trinajstić information content (AvgIpc) is 2.35. The molecule has 4 nitrogen and oxygen atoms in total. The van der Waals surface area contributed by atoms with Crippen LogP contribution in [0.15, 0.2) is 12.1 Å². The predicted molar refractivity (Wildman–Crippen MR) is 81.6 cm³/mol. The van der Waals surface area contributed by atoms with Crippen LogP contribution >= 0.6 is 23.2 Å². The zero-order valence-corrected chi connectivity index (χ0v) is 13.4. The number of hydrogen-bond acceptors (Lipinski definition) is 3. The molecule has 0 atom stereocenters. The minimum absolute atomic E-state index is 0.0314. The number of benzene rings is 1. The van der Waals surface area contributed by atoms with Gasteiger partial charge in [-0.15, -0.1) is 0 Å². The van der Waals surface area contributed by atoms with Crippen LogP contribution in [-0.4, -0.2) is 27.3 Å². The normalized spacial score (nSPS) is 11.6. The maximum absolute atomic E-state index is 13.2. The molecule has 1 rings (SSSR count). The first kappa shape index (κ1) is 17.5. The van der Waals surface area contributed by atoms with Crippen LogP contribution in [-0.2, 0) is 10.0 Å². The monoisotopic (exact) mass is 342 g/mol. The summed E-state index contributed by atoms with van der Waals surface area (Å²) in [5.74, 6) is -0.795. The molecule has 1 aromatic rings. The minimum Gasteiger partial charge on any atom is -0.317 e. The van der Waals surface area contributed by atoms with Crippen molar-refractivity contribution in [1.29, 1.82) is 0 Å². The maximum atomic E-state index is 13.2. The Morgan fingerprint density at radius 2 is 1.80 bits per heavy atom. The Bertz CT molecular complexity index is 529. The third-order valence-electron chi connectivity index (χ3n) is 2.45. The molecule has 2 N–H and O–H groups in total. The number of rotatable bonds is 8. The highest BCUT2D eigenvalue weighted by molar-refractivity contribution is 7.92. The van der Waals surface area contributed by atoms with Crippen molar-refractivity contribution in [3.05, 3.63) is 28.0 Å². The first-order valence-corrected chi connectivity index (χ1v) is 8.62. The first-order chi connectivity index (χ1) is 9.35. The number of sulfonamides is 1. The molecule has 0 fully saturated rings. The highest BCUT2D eigenvalue weighted by Gasteiger charge is 2.13. The van der Waals surface area contributed by atoms with Crippen molar-refractivity contribution in [2.75, 3.05) is 23.6 Å². The number of halogens is 3. The van der Waals surface area contributed by atoms with Crippen LogP contribution in [0.2, 0.25) is 10.0 Å². The van der Waals surface area contributed by atoms with Crippen LogP contribution in [0, 0.1) is 5.82 Å². The zero-order chi connectivity index (χ0) is 15.2. The number of hydrogen-bond donors (Lipinski definition) is 2. The highest BCUT2D eigenvalue weighted by Crippen LogP contribution is 2.27. The Morgan fingerprint density at radius 1 is 1.20 bits per heavy atom. The van der Waals surface area contributed by atoms with Crippen molar-refractivity contribution in [3.63, 3.8) is 0 Å². The molecule has 0 aliphatic rings. The molecule has 0 heterocycles. The van der Waals surface area contributed by atoms with Gasteiger partial charge in [0.15, 0.2) is 5.82 Å². The average molecular weight is 343 g/mol. The lowest BCUT2D eigenvalue weighted by Gasteiger charge is -2.09. The third-order valence-corrected chi connectivity index (χ3v) is 4.37. The largest absolute Gasteiger partial charge is 0.317 e. The Balaban J connectivity index is 2.58. The molecule has 20 heavy (non-hydrogen) atoms. The summed E-state index contributed by atoms with van der Waals surface area (Å²) in [4.78, 5) is 0. The van der Waals surface area contributed by atoms with Crippen LogP contribution in [0.4, 0.5) is 10.1 Å². The number of nitrogens with one attached hydrogen (secondary N) is 2. The lowest BCUT2D eigenvalue weighted by Crippen LogP contribution is -2.22. The predicted octanol–water partition coefficient (Wildman–Crippen LogP) is 3.26. The fraction of sp³-hybridized carbons (Fsp3) is 0.500. The minimum atomic E-state index is -3.50. The Hall–Kier alpha value is -0.560. The summed E-state index contributed by atoms with van der Waals surface area (Å²) >= 11 is 11.2. The summed E-state index contributed by atoms with van der Waals surface area (Å²) < 4.78 is 39.2. The molecule has 0 aliphatic carbocycles. The van der Waals surface area contributed by atoms with Crippen molar-refractivity contribution < 1.29 is 12.8 Å². The van der Waals surface area contributed by atoms with Gasteiger partial charge in [0.1, 0.15) is 0 Å². The van der Waals surface area contributed by atoms with Gasteiger partial charge in [0.2, 0.25) is 10.0 Å². The van der Waals surface area contributed by atoms with Crippen molar-refractivity contribution >= 4 is 38.9 Å². The lowest BCUT2D eigenvalue weighted by atomic mass is 10.3. The zero-order valence-electron chi connectivity index (χ0n) is 11.0. The van der Waals surface area contributed by atoms with Gasteiger partial charge in [-0.3, -0.25) is 4.72 Å². The van der Waals surface area contributed by atoms with Crippen LogP contribution in [0.5, 0.6) is 0 Å². The third kappa shape index (κ3) is 5.83. The van der Waals surface area contributed by atoms with Gasteiger partial charge in [0, 0.05) is 0 Å². The maximum Gasteiger partial charge on any atom is 0.232 e. The quantitative estimate of drug-likeness (QED) is 0.563. The second-order valence-electron chi connectivity index (χ2n) is 4.28. The van der Waals surface area contributed by atoms with E-state index in [9.17, 15) is 12.8 Å². The van der Waals surface area contributed by atoms with E-state index in [-0.39, 0.29) is 21.5 Å². The van der Waals surface area contributed by atoms with Crippen molar-refractivity contribution in [1.82, 2.24) is 5.32 Å². The van der Waals surface area contributed by atoms with Gasteiger partial charge in [-0.1, -0.05) is 30.1 Å². The molecule has 0 aromatic heterocycles. The van der Waals surface area contributed by atoms with Crippen LogP contribution in [0.1, 0.15) is 19.8 Å². The molecule has 0 saturated heterocycles. The fourth-order valence-corrected chi connectivity index (χ4v) is 3.12. The van der Waals surface area contributed by atoms with Crippen LogP contribution < -0.4 is 10.0 Å². The van der Waals surface area contributed by atoms with Crippen molar-refractivity contribution in [3.8, 4) is 0 Å². The topological polar surface area (TPSA) is 58.2 Å². The molecule has 0 saturated carbocycles. The molecule has 0 radical (unpaired) electrons. The van der Waals surface area contributed by atoms with Crippen molar-refractivity contribution in [2.24, 2.45) is 0 Å². The second-order valence-corrected chi connectivity index (χ2v) is 6.93. The first-order valence-electron chi connectivity index (χ1n) is 6.21. The Kier molecular flexibility index (Phi) is 7.02. The molecule has 0 amide bonds. The van der Waals surface area contributed by atoms with E-state index in [0.29, 0.717) is 13.0 Å². The lowest BCUT2D eigenvalue weighted by molar-refractivity contribution is 0.593. The van der Waals surface area contributed by atoms with Gasteiger partial charge in [0.05, 0.1) is 21.5 Å². The van der Waals surface area contributed by atoms with E-state index in [1.54, 1.807) is 0 Å². The summed E-state index contributed by atoms with van der Waals surface area (Å²) in [6.45, 7) is 3.52. The summed E-state index contributed by atoms with van der Waals surface area (Å²) in [5, 5.41) is 2.67. The van der Waals surface area contributed by atoms with E-state index < -0.39 is 15.8 Å². The molecule has 8 heteroatoms. The molecule has 0 aliphatic heterocycles. The van der Waals surface area contributed by atoms with E-state index >= 15 is 0 Å². The standard InChI is InChI=1S/C12H17Cl2FN2O2S/c1-2-4-16-5-3-6-20(18,19)17-9-7-10(13)12(15)11(14)8-9/h7-8,16-17H,2-6H2,1H3. The van der Waals surface area contributed by atoms with Gasteiger partial charge in [-0.2, -0.15) is 0 Å². The summed E-state index contributed by atoms with van der Waals surface area (Å²) in [6, 6.07) is 2.38. The molecule has 1 aromatic carbocycles.